The lowest BCUT2D eigenvalue weighted by molar-refractivity contribution is -0.141. The van der Waals surface area contributed by atoms with Crippen LogP contribution in [0.25, 0.3) is 0 Å². The Morgan fingerprint density at radius 3 is 2.76 bits per heavy atom. The summed E-state index contributed by atoms with van der Waals surface area (Å²) in [5, 5.41) is 12.5. The van der Waals surface area contributed by atoms with Gasteiger partial charge in [-0.15, -0.1) is 0 Å². The molecule has 98 valence electrons. The molecule has 1 saturated carbocycles. The summed E-state index contributed by atoms with van der Waals surface area (Å²) in [7, 11) is 0. The van der Waals surface area contributed by atoms with E-state index in [2.05, 4.69) is 19.2 Å². The summed E-state index contributed by atoms with van der Waals surface area (Å²) in [5.41, 5.74) is -0.0808. The molecular weight excluding hydrogens is 218 g/mol. The van der Waals surface area contributed by atoms with Crippen molar-refractivity contribution in [3.05, 3.63) is 0 Å². The molecule has 0 aromatic heterocycles. The van der Waals surface area contributed by atoms with E-state index in [-0.39, 0.29) is 17.7 Å². The highest BCUT2D eigenvalue weighted by atomic mass is 16.5. The van der Waals surface area contributed by atoms with Gasteiger partial charge in [0.25, 0.3) is 0 Å². The van der Waals surface area contributed by atoms with Gasteiger partial charge < -0.3 is 15.2 Å². The largest absolute Gasteiger partial charge is 0.480 e. The Hall–Kier alpha value is -0.610. The van der Waals surface area contributed by atoms with Crippen molar-refractivity contribution in [3.63, 3.8) is 0 Å². The lowest BCUT2D eigenvalue weighted by atomic mass is 9.89. The van der Waals surface area contributed by atoms with Gasteiger partial charge in [-0.1, -0.05) is 6.92 Å². The number of nitrogens with one attached hydrogen (secondary N) is 1. The summed E-state index contributed by atoms with van der Waals surface area (Å²) in [6, 6.07) is -0.0605. The first-order valence-corrected chi connectivity index (χ1v) is 6.67. The van der Waals surface area contributed by atoms with E-state index in [0.717, 1.165) is 38.7 Å². The molecule has 1 aliphatic heterocycles. The number of carboxylic acid groups (broad SMARTS) is 1. The molecule has 0 spiro atoms. The molecule has 3 atom stereocenters. The Labute approximate surface area is 103 Å². The second-order valence-electron chi connectivity index (χ2n) is 5.66. The van der Waals surface area contributed by atoms with Crippen LogP contribution in [0.5, 0.6) is 0 Å². The normalized spacial score (nSPS) is 35.5. The Balaban J connectivity index is 1.91. The minimum absolute atomic E-state index is 0.0808. The van der Waals surface area contributed by atoms with Crippen LogP contribution in [0.4, 0.5) is 0 Å². The molecule has 4 heteroatoms. The van der Waals surface area contributed by atoms with Gasteiger partial charge in [0, 0.05) is 12.6 Å². The summed E-state index contributed by atoms with van der Waals surface area (Å²) in [4.78, 5) is 11.2. The molecule has 0 amide bonds. The third-order valence-corrected chi connectivity index (χ3v) is 4.12. The van der Waals surface area contributed by atoms with E-state index in [4.69, 9.17) is 4.74 Å². The van der Waals surface area contributed by atoms with Crippen LogP contribution in [0.2, 0.25) is 0 Å². The fourth-order valence-electron chi connectivity index (χ4n) is 2.61. The van der Waals surface area contributed by atoms with Gasteiger partial charge in [-0.3, -0.25) is 4.79 Å². The van der Waals surface area contributed by atoms with Crippen molar-refractivity contribution >= 4 is 5.97 Å². The second kappa shape index (κ2) is 4.94. The molecule has 0 aromatic rings. The Morgan fingerprint density at radius 1 is 1.53 bits per heavy atom. The Bertz CT molecular complexity index is 290. The summed E-state index contributed by atoms with van der Waals surface area (Å²) in [6.07, 6.45) is 4.93. The topological polar surface area (TPSA) is 58.6 Å². The number of aliphatic carboxylic acids is 1. The second-order valence-corrected chi connectivity index (χ2v) is 5.66. The van der Waals surface area contributed by atoms with Gasteiger partial charge in [-0.05, 0) is 44.9 Å². The first-order valence-electron chi connectivity index (χ1n) is 6.67. The molecular formula is C13H23NO3. The number of carbonyl (C=O) groups is 1. The van der Waals surface area contributed by atoms with E-state index in [1.165, 1.54) is 0 Å². The van der Waals surface area contributed by atoms with Crippen LogP contribution < -0.4 is 5.32 Å². The summed E-state index contributed by atoms with van der Waals surface area (Å²) < 4.78 is 5.78. The minimum Gasteiger partial charge on any atom is -0.480 e. The van der Waals surface area contributed by atoms with Gasteiger partial charge >= 0.3 is 5.97 Å². The van der Waals surface area contributed by atoms with Gasteiger partial charge in [-0.25, -0.2) is 0 Å². The van der Waals surface area contributed by atoms with E-state index < -0.39 is 5.97 Å². The van der Waals surface area contributed by atoms with Gasteiger partial charge in [-0.2, -0.15) is 0 Å². The number of carboxylic acids is 1. The zero-order chi connectivity index (χ0) is 12.5. The Morgan fingerprint density at radius 2 is 2.24 bits per heavy atom. The van der Waals surface area contributed by atoms with Crippen molar-refractivity contribution in [2.45, 2.75) is 63.6 Å². The van der Waals surface area contributed by atoms with Gasteiger partial charge in [0.15, 0.2) is 0 Å². The Kier molecular flexibility index (Phi) is 3.73. The third-order valence-electron chi connectivity index (χ3n) is 4.12. The predicted octanol–water partition coefficient (Wildman–Crippen LogP) is 1.79. The van der Waals surface area contributed by atoms with E-state index >= 15 is 0 Å². The van der Waals surface area contributed by atoms with Crippen LogP contribution >= 0.6 is 0 Å². The van der Waals surface area contributed by atoms with Gasteiger partial charge in [0.2, 0.25) is 0 Å². The van der Waals surface area contributed by atoms with Crippen LogP contribution in [0.15, 0.2) is 0 Å². The zero-order valence-corrected chi connectivity index (χ0v) is 10.7. The molecule has 1 aliphatic carbocycles. The maximum absolute atomic E-state index is 11.2. The van der Waals surface area contributed by atoms with Crippen LogP contribution in [-0.2, 0) is 9.53 Å². The fraction of sp³-hybridized carbons (Fsp3) is 0.923. The molecule has 4 nitrogen and oxygen atoms in total. The van der Waals surface area contributed by atoms with Crippen molar-refractivity contribution < 1.29 is 14.6 Å². The summed E-state index contributed by atoms with van der Waals surface area (Å²) in [5.74, 6) is -0.347. The van der Waals surface area contributed by atoms with Crippen molar-refractivity contribution in [2.24, 2.45) is 5.92 Å². The van der Waals surface area contributed by atoms with Crippen LogP contribution in [0, 0.1) is 5.92 Å². The number of hydrogen-bond acceptors (Lipinski definition) is 3. The zero-order valence-electron chi connectivity index (χ0n) is 10.7. The minimum atomic E-state index is -0.697. The summed E-state index contributed by atoms with van der Waals surface area (Å²) >= 11 is 0. The third kappa shape index (κ3) is 3.19. The molecule has 0 bridgehead atoms. The molecule has 0 aromatic carbocycles. The smallest absolute Gasteiger partial charge is 0.320 e. The highest BCUT2D eigenvalue weighted by Crippen LogP contribution is 2.34. The molecule has 2 aliphatic rings. The lowest BCUT2D eigenvalue weighted by Crippen LogP contribution is -2.51. The maximum atomic E-state index is 11.2. The van der Waals surface area contributed by atoms with E-state index in [0.29, 0.717) is 5.92 Å². The number of ether oxygens (including phenoxy) is 1. The van der Waals surface area contributed by atoms with Crippen LogP contribution in [0.3, 0.4) is 0 Å². The molecule has 0 radical (unpaired) electrons. The first-order chi connectivity index (χ1) is 8.04. The summed E-state index contributed by atoms with van der Waals surface area (Å²) in [6.45, 7) is 4.98. The molecule has 2 rings (SSSR count). The molecule has 1 saturated heterocycles. The molecule has 17 heavy (non-hydrogen) atoms. The first kappa shape index (κ1) is 12.8. The lowest BCUT2D eigenvalue weighted by Gasteiger charge is -2.39. The standard InChI is InChI=1S/C13H23NO3/c1-3-13(2)8-10(6-7-17-13)14-11(12(15)16)9-4-5-9/h9-11,14H,3-8H2,1-2H3,(H,15,16). The number of hydrogen-bond donors (Lipinski definition) is 2. The highest BCUT2D eigenvalue weighted by molar-refractivity contribution is 5.74. The van der Waals surface area contributed by atoms with E-state index in [9.17, 15) is 9.90 Å². The molecule has 1 heterocycles. The van der Waals surface area contributed by atoms with Crippen LogP contribution in [-0.4, -0.2) is 35.4 Å². The quantitative estimate of drug-likeness (QED) is 0.770. The maximum Gasteiger partial charge on any atom is 0.320 e. The fourth-order valence-corrected chi connectivity index (χ4v) is 2.61. The van der Waals surface area contributed by atoms with E-state index in [1.54, 1.807) is 0 Å². The van der Waals surface area contributed by atoms with Crippen LogP contribution in [0.1, 0.15) is 46.0 Å². The van der Waals surface area contributed by atoms with Crippen molar-refractivity contribution in [3.8, 4) is 0 Å². The van der Waals surface area contributed by atoms with Crippen molar-refractivity contribution in [2.75, 3.05) is 6.61 Å². The predicted molar refractivity (Wildman–Crippen MR) is 65.0 cm³/mol. The molecule has 2 N–H and O–H groups in total. The van der Waals surface area contributed by atoms with Gasteiger partial charge in [0.05, 0.1) is 5.60 Å². The monoisotopic (exact) mass is 241 g/mol. The molecule has 3 unspecified atom stereocenters. The van der Waals surface area contributed by atoms with Crippen molar-refractivity contribution in [1.29, 1.82) is 0 Å². The highest BCUT2D eigenvalue weighted by Gasteiger charge is 2.39. The number of rotatable bonds is 5. The van der Waals surface area contributed by atoms with Gasteiger partial charge in [0.1, 0.15) is 6.04 Å². The average Bonchev–Trinajstić information content (AvgIpc) is 3.10. The molecule has 2 fully saturated rings. The van der Waals surface area contributed by atoms with E-state index in [1.807, 2.05) is 0 Å². The average molecular weight is 241 g/mol. The SMILES string of the molecule is CCC1(C)CC(NC(C(=O)O)C2CC2)CCO1. The van der Waals surface area contributed by atoms with Crippen molar-refractivity contribution in [1.82, 2.24) is 5.32 Å².